The molecule has 138 valence electrons. The van der Waals surface area contributed by atoms with Crippen LogP contribution in [0.1, 0.15) is 11.4 Å². The maximum atomic E-state index is 13.4. The number of aromatic nitrogens is 2. The van der Waals surface area contributed by atoms with E-state index in [4.69, 9.17) is 16.3 Å². The van der Waals surface area contributed by atoms with Gasteiger partial charge in [-0.2, -0.15) is 13.2 Å². The molecule has 2 aliphatic rings. The number of nitrogens with zero attached hydrogens (tertiary/aromatic N) is 3. The topological polar surface area (TPSA) is 50.3 Å². The Hall–Kier alpha value is -2.06. The van der Waals surface area contributed by atoms with Crippen LogP contribution in [-0.4, -0.2) is 42.8 Å². The molecule has 9 heteroatoms. The van der Waals surface area contributed by atoms with E-state index in [1.165, 1.54) is 0 Å². The van der Waals surface area contributed by atoms with Gasteiger partial charge in [0.2, 0.25) is 5.82 Å². The third-order valence-corrected chi connectivity index (χ3v) is 4.71. The number of benzene rings is 1. The van der Waals surface area contributed by atoms with Crippen LogP contribution in [0.3, 0.4) is 0 Å². The number of alkyl halides is 3. The van der Waals surface area contributed by atoms with Crippen LogP contribution in [-0.2, 0) is 17.3 Å². The van der Waals surface area contributed by atoms with Gasteiger partial charge in [0.05, 0.1) is 18.9 Å². The molecule has 2 aromatic rings. The average Bonchev–Trinajstić information content (AvgIpc) is 2.79. The normalized spacial score (nSPS) is 17.2. The first-order valence-electron chi connectivity index (χ1n) is 8.28. The van der Waals surface area contributed by atoms with Crippen molar-refractivity contribution in [2.45, 2.75) is 12.6 Å². The van der Waals surface area contributed by atoms with E-state index in [0.29, 0.717) is 72.6 Å². The summed E-state index contributed by atoms with van der Waals surface area (Å²) in [6.07, 6.45) is -4.10. The number of fused-ring (bicyclic) bond motifs is 3. The number of anilines is 2. The number of hydrogen-bond donors (Lipinski definition) is 1. The number of rotatable bonds is 1. The quantitative estimate of drug-likeness (QED) is 0.813. The van der Waals surface area contributed by atoms with Gasteiger partial charge in [0, 0.05) is 41.5 Å². The van der Waals surface area contributed by atoms with Gasteiger partial charge in [0.25, 0.3) is 0 Å². The van der Waals surface area contributed by atoms with Crippen molar-refractivity contribution in [1.29, 1.82) is 0 Å². The molecule has 4 rings (SSSR count). The van der Waals surface area contributed by atoms with Crippen LogP contribution in [0.25, 0.3) is 11.3 Å². The lowest BCUT2D eigenvalue weighted by Gasteiger charge is -2.30. The summed E-state index contributed by atoms with van der Waals surface area (Å²) >= 11 is 6.04. The number of halogens is 4. The lowest BCUT2D eigenvalue weighted by atomic mass is 10.0. The van der Waals surface area contributed by atoms with E-state index in [9.17, 15) is 13.2 Å². The van der Waals surface area contributed by atoms with Crippen LogP contribution >= 0.6 is 11.6 Å². The molecule has 1 aromatic heterocycles. The SMILES string of the molecule is FC(F)(F)c1nc2c(c(N3CCOCC3)n1)CCNc1cc(Cl)ccc1-2. The molecule has 1 fully saturated rings. The molecule has 0 spiro atoms. The van der Waals surface area contributed by atoms with Gasteiger partial charge in [-0.15, -0.1) is 0 Å². The first-order valence-corrected chi connectivity index (χ1v) is 8.66. The fraction of sp³-hybridized carbons (Fsp3) is 0.412. The van der Waals surface area contributed by atoms with Gasteiger partial charge in [0.15, 0.2) is 0 Å². The summed E-state index contributed by atoms with van der Waals surface area (Å²) in [6.45, 7) is 2.49. The molecule has 2 aliphatic heterocycles. The molecule has 0 bridgehead atoms. The van der Waals surface area contributed by atoms with Crippen molar-refractivity contribution in [3.63, 3.8) is 0 Å². The third kappa shape index (κ3) is 3.19. The van der Waals surface area contributed by atoms with Crippen molar-refractivity contribution in [2.24, 2.45) is 0 Å². The number of hydrogen-bond acceptors (Lipinski definition) is 5. The summed E-state index contributed by atoms with van der Waals surface area (Å²) in [7, 11) is 0. The molecule has 1 saturated heterocycles. The highest BCUT2D eigenvalue weighted by atomic mass is 35.5. The molecule has 1 aromatic carbocycles. The van der Waals surface area contributed by atoms with Crippen LogP contribution in [0, 0.1) is 0 Å². The fourth-order valence-electron chi connectivity index (χ4n) is 3.28. The lowest BCUT2D eigenvalue weighted by Crippen LogP contribution is -2.38. The maximum absolute atomic E-state index is 13.4. The number of nitrogens with one attached hydrogen (secondary N) is 1. The van der Waals surface area contributed by atoms with Crippen molar-refractivity contribution < 1.29 is 17.9 Å². The Kier molecular flexibility index (Phi) is 4.40. The van der Waals surface area contributed by atoms with Gasteiger partial charge in [0.1, 0.15) is 5.82 Å². The largest absolute Gasteiger partial charge is 0.451 e. The molecule has 26 heavy (non-hydrogen) atoms. The Labute approximate surface area is 153 Å². The van der Waals surface area contributed by atoms with Crippen LogP contribution in [0.2, 0.25) is 5.02 Å². The molecule has 0 unspecified atom stereocenters. The summed E-state index contributed by atoms with van der Waals surface area (Å²) < 4.78 is 45.6. The second kappa shape index (κ2) is 6.59. The zero-order chi connectivity index (χ0) is 18.3. The summed E-state index contributed by atoms with van der Waals surface area (Å²) in [5.41, 5.74) is 2.30. The average molecular weight is 385 g/mol. The van der Waals surface area contributed by atoms with Crippen LogP contribution in [0.15, 0.2) is 18.2 Å². The van der Waals surface area contributed by atoms with Gasteiger partial charge in [-0.1, -0.05) is 11.6 Å². The highest BCUT2D eigenvalue weighted by Gasteiger charge is 2.38. The van der Waals surface area contributed by atoms with E-state index in [2.05, 4.69) is 15.3 Å². The molecular formula is C17H16ClF3N4O. The zero-order valence-electron chi connectivity index (χ0n) is 13.7. The molecule has 0 saturated carbocycles. The van der Waals surface area contributed by atoms with Gasteiger partial charge < -0.3 is 15.0 Å². The van der Waals surface area contributed by atoms with Crippen molar-refractivity contribution in [3.8, 4) is 11.3 Å². The molecule has 1 N–H and O–H groups in total. The van der Waals surface area contributed by atoms with Gasteiger partial charge in [-0.25, -0.2) is 9.97 Å². The molecule has 3 heterocycles. The Balaban J connectivity index is 1.94. The molecule has 0 amide bonds. The molecule has 0 aliphatic carbocycles. The second-order valence-corrected chi connectivity index (χ2v) is 6.60. The standard InChI is InChI=1S/C17H16ClF3N4O/c18-10-1-2-11-13(9-10)22-4-3-12-14(11)23-16(17(19,20)21)24-15(12)25-5-7-26-8-6-25/h1-2,9,22H,3-8H2. The van der Waals surface area contributed by atoms with Crippen molar-refractivity contribution in [2.75, 3.05) is 43.1 Å². The van der Waals surface area contributed by atoms with Crippen molar-refractivity contribution >= 4 is 23.1 Å². The summed E-state index contributed by atoms with van der Waals surface area (Å²) in [5.74, 6) is -0.782. The minimum absolute atomic E-state index is 0.311. The first kappa shape index (κ1) is 17.4. The minimum atomic E-state index is -4.62. The Morgan fingerprint density at radius 3 is 2.65 bits per heavy atom. The first-order chi connectivity index (χ1) is 12.4. The summed E-state index contributed by atoms with van der Waals surface area (Å²) in [5, 5.41) is 3.74. The highest BCUT2D eigenvalue weighted by molar-refractivity contribution is 6.31. The predicted molar refractivity (Wildman–Crippen MR) is 92.7 cm³/mol. The summed E-state index contributed by atoms with van der Waals surface area (Å²) in [4.78, 5) is 9.63. The summed E-state index contributed by atoms with van der Waals surface area (Å²) in [6, 6.07) is 5.06. The van der Waals surface area contributed by atoms with Crippen LogP contribution in [0.5, 0.6) is 0 Å². The van der Waals surface area contributed by atoms with E-state index >= 15 is 0 Å². The molecule has 0 atom stereocenters. The van der Waals surface area contributed by atoms with E-state index in [0.717, 1.165) is 0 Å². The van der Waals surface area contributed by atoms with E-state index < -0.39 is 12.0 Å². The fourth-order valence-corrected chi connectivity index (χ4v) is 3.45. The number of morpholine rings is 1. The number of ether oxygens (including phenoxy) is 1. The second-order valence-electron chi connectivity index (χ2n) is 6.16. The maximum Gasteiger partial charge on any atom is 0.451 e. The van der Waals surface area contributed by atoms with Gasteiger partial charge >= 0.3 is 6.18 Å². The van der Waals surface area contributed by atoms with Crippen LogP contribution in [0.4, 0.5) is 24.7 Å². The highest BCUT2D eigenvalue weighted by Crippen LogP contribution is 2.39. The molecule has 0 radical (unpaired) electrons. The Morgan fingerprint density at radius 2 is 1.92 bits per heavy atom. The predicted octanol–water partition coefficient (Wildman–Crippen LogP) is 3.62. The van der Waals surface area contributed by atoms with Gasteiger partial charge in [-0.05, 0) is 24.6 Å². The molecule has 5 nitrogen and oxygen atoms in total. The molecular weight excluding hydrogens is 369 g/mol. The third-order valence-electron chi connectivity index (χ3n) is 4.48. The lowest BCUT2D eigenvalue weighted by molar-refractivity contribution is -0.144. The van der Waals surface area contributed by atoms with Crippen LogP contribution < -0.4 is 10.2 Å². The van der Waals surface area contributed by atoms with E-state index in [1.54, 1.807) is 18.2 Å². The zero-order valence-corrected chi connectivity index (χ0v) is 14.5. The smallest absolute Gasteiger partial charge is 0.384 e. The van der Waals surface area contributed by atoms with Gasteiger partial charge in [-0.3, -0.25) is 0 Å². The monoisotopic (exact) mass is 384 g/mol. The van der Waals surface area contributed by atoms with Crippen molar-refractivity contribution in [3.05, 3.63) is 34.6 Å². The Bertz CT molecular complexity index is 837. The van der Waals surface area contributed by atoms with E-state index in [-0.39, 0.29) is 0 Å². The Morgan fingerprint density at radius 1 is 1.15 bits per heavy atom. The minimum Gasteiger partial charge on any atom is -0.384 e. The van der Waals surface area contributed by atoms with E-state index in [1.807, 2.05) is 4.90 Å². The van der Waals surface area contributed by atoms with Crippen molar-refractivity contribution in [1.82, 2.24) is 9.97 Å².